The summed E-state index contributed by atoms with van der Waals surface area (Å²) in [4.78, 5) is 25.0. The van der Waals surface area contributed by atoms with Crippen molar-refractivity contribution >= 4 is 11.8 Å². The molecule has 0 aromatic carbocycles. The molecule has 3 saturated carbocycles. The maximum absolute atomic E-state index is 13.1. The Morgan fingerprint density at radius 2 is 1.82 bits per heavy atom. The van der Waals surface area contributed by atoms with Gasteiger partial charge in [-0.25, -0.2) is 0 Å². The Bertz CT molecular complexity index is 662. The van der Waals surface area contributed by atoms with Gasteiger partial charge in [0.2, 0.25) is 11.8 Å². The van der Waals surface area contributed by atoms with E-state index in [9.17, 15) is 14.7 Å². The summed E-state index contributed by atoms with van der Waals surface area (Å²) in [6, 6.07) is 0.338. The van der Waals surface area contributed by atoms with Crippen LogP contribution in [0.3, 0.4) is 0 Å². The molecule has 2 unspecified atom stereocenters. The number of hydrogen-bond acceptors (Lipinski definition) is 3. The van der Waals surface area contributed by atoms with Gasteiger partial charge in [-0.15, -0.1) is 0 Å². The first-order chi connectivity index (χ1) is 13.1. The molecular formula is C23H38N2O3. The van der Waals surface area contributed by atoms with E-state index >= 15 is 0 Å². The molecule has 1 aliphatic heterocycles. The summed E-state index contributed by atoms with van der Waals surface area (Å²) < 4.78 is 0. The lowest BCUT2D eigenvalue weighted by molar-refractivity contribution is -0.142. The predicted octanol–water partition coefficient (Wildman–Crippen LogP) is 3.01. The van der Waals surface area contributed by atoms with Crippen molar-refractivity contribution in [1.82, 2.24) is 10.6 Å². The summed E-state index contributed by atoms with van der Waals surface area (Å²) in [6.07, 6.45) is 8.34. The number of hydrogen-bond donors (Lipinski definition) is 3. The van der Waals surface area contributed by atoms with Crippen LogP contribution in [0.15, 0.2) is 0 Å². The quantitative estimate of drug-likeness (QED) is 0.693. The molecule has 0 aromatic heterocycles. The lowest BCUT2D eigenvalue weighted by atomic mass is 9.47. The predicted molar refractivity (Wildman–Crippen MR) is 108 cm³/mol. The first-order valence-corrected chi connectivity index (χ1v) is 11.3. The number of carbonyl (C=O) groups is 2. The van der Waals surface area contributed by atoms with Crippen LogP contribution in [0.2, 0.25) is 0 Å². The second-order valence-corrected chi connectivity index (χ2v) is 11.3. The van der Waals surface area contributed by atoms with Gasteiger partial charge in [0.05, 0.1) is 12.1 Å². The van der Waals surface area contributed by atoms with Crippen LogP contribution >= 0.6 is 0 Å². The van der Waals surface area contributed by atoms with Gasteiger partial charge in [-0.05, 0) is 87.4 Å². The molecule has 0 bridgehead atoms. The summed E-state index contributed by atoms with van der Waals surface area (Å²) >= 11 is 0. The van der Waals surface area contributed by atoms with Crippen LogP contribution in [-0.4, -0.2) is 35.1 Å². The molecule has 0 radical (unpaired) electrons. The van der Waals surface area contributed by atoms with Crippen LogP contribution in [0.1, 0.15) is 79.1 Å². The van der Waals surface area contributed by atoms with Gasteiger partial charge < -0.3 is 15.7 Å². The summed E-state index contributed by atoms with van der Waals surface area (Å²) in [5.41, 5.74) is -0.274. The third-order valence-corrected chi connectivity index (χ3v) is 9.27. The van der Waals surface area contributed by atoms with Gasteiger partial charge in [0.15, 0.2) is 0 Å². The molecule has 4 rings (SSSR count). The maximum Gasteiger partial charge on any atom is 0.224 e. The van der Waals surface area contributed by atoms with Crippen LogP contribution < -0.4 is 10.6 Å². The lowest BCUT2D eigenvalue weighted by Gasteiger charge is -2.60. The van der Waals surface area contributed by atoms with Gasteiger partial charge in [0.25, 0.3) is 0 Å². The van der Waals surface area contributed by atoms with E-state index in [0.29, 0.717) is 30.2 Å². The van der Waals surface area contributed by atoms with E-state index in [1.54, 1.807) is 0 Å². The van der Waals surface area contributed by atoms with E-state index in [-0.39, 0.29) is 35.2 Å². The van der Waals surface area contributed by atoms with Crippen molar-refractivity contribution in [3.8, 4) is 0 Å². The largest absolute Gasteiger partial charge is 0.394 e. The lowest BCUT2D eigenvalue weighted by Crippen LogP contribution is -2.61. The highest BCUT2D eigenvalue weighted by Gasteiger charge is 2.61. The molecule has 0 aromatic rings. The van der Waals surface area contributed by atoms with Crippen LogP contribution in [-0.2, 0) is 9.59 Å². The Hall–Kier alpha value is -1.10. The van der Waals surface area contributed by atoms with Crippen molar-refractivity contribution in [2.45, 2.75) is 90.6 Å². The number of aliphatic hydroxyl groups is 1. The fourth-order valence-corrected chi connectivity index (χ4v) is 7.59. The first kappa shape index (κ1) is 20.2. The highest BCUT2D eigenvalue weighted by molar-refractivity contribution is 5.80. The summed E-state index contributed by atoms with van der Waals surface area (Å²) in [5.74, 6) is 2.37. The molecule has 0 spiro atoms. The molecule has 1 heterocycles. The van der Waals surface area contributed by atoms with Gasteiger partial charge in [0, 0.05) is 18.4 Å². The second kappa shape index (κ2) is 6.72. The Balaban J connectivity index is 1.54. The topological polar surface area (TPSA) is 78.4 Å². The standard InChI is InChI=1S/C23H38N2O3/c1-21(2,13-26)25-20(28)17-7-6-15-14-5-8-18-23(4,12-10-19(27)24-18)16(14)9-11-22(15,17)3/h14-18,26H,5-13H2,1-4H3,(H,24,27)(H,25,28)/t14-,15-,16+,17?,18?,22-,23+/m0/s1. The Kier molecular flexibility index (Phi) is 4.84. The average molecular weight is 391 g/mol. The average Bonchev–Trinajstić information content (AvgIpc) is 2.99. The van der Waals surface area contributed by atoms with E-state index in [1.807, 2.05) is 13.8 Å². The van der Waals surface area contributed by atoms with Gasteiger partial charge in [-0.1, -0.05) is 13.8 Å². The zero-order valence-corrected chi connectivity index (χ0v) is 18.0. The molecule has 4 aliphatic rings. The fraction of sp³-hybridized carbons (Fsp3) is 0.913. The van der Waals surface area contributed by atoms with E-state index in [2.05, 4.69) is 24.5 Å². The molecule has 5 nitrogen and oxygen atoms in total. The molecule has 7 atom stereocenters. The van der Waals surface area contributed by atoms with Crippen LogP contribution in [0.5, 0.6) is 0 Å². The number of aliphatic hydroxyl groups excluding tert-OH is 1. The second-order valence-electron chi connectivity index (χ2n) is 11.3. The molecule has 158 valence electrons. The van der Waals surface area contributed by atoms with Crippen molar-refractivity contribution in [2.24, 2.45) is 34.5 Å². The normalized spacial score (nSPS) is 45.5. The van der Waals surface area contributed by atoms with Crippen LogP contribution in [0.4, 0.5) is 0 Å². The smallest absolute Gasteiger partial charge is 0.224 e. The molecule has 3 N–H and O–H groups in total. The van der Waals surface area contributed by atoms with E-state index in [1.165, 1.54) is 12.8 Å². The van der Waals surface area contributed by atoms with Crippen LogP contribution in [0, 0.1) is 34.5 Å². The van der Waals surface area contributed by atoms with Gasteiger partial charge in [0.1, 0.15) is 0 Å². The monoisotopic (exact) mass is 390 g/mol. The minimum atomic E-state index is -0.561. The van der Waals surface area contributed by atoms with Gasteiger partial charge in [-0.2, -0.15) is 0 Å². The number of piperidine rings is 1. The summed E-state index contributed by atoms with van der Waals surface area (Å²) in [7, 11) is 0. The molecule has 2 amide bonds. The zero-order valence-electron chi connectivity index (χ0n) is 18.0. The van der Waals surface area contributed by atoms with Crippen LogP contribution in [0.25, 0.3) is 0 Å². The highest BCUT2D eigenvalue weighted by Crippen LogP contribution is 2.65. The number of rotatable bonds is 3. The summed E-state index contributed by atoms with van der Waals surface area (Å²) in [5, 5.41) is 15.9. The first-order valence-electron chi connectivity index (χ1n) is 11.3. The van der Waals surface area contributed by atoms with E-state index in [4.69, 9.17) is 0 Å². The molecule has 5 heteroatoms. The summed E-state index contributed by atoms with van der Waals surface area (Å²) in [6.45, 7) is 8.50. The van der Waals surface area contributed by atoms with Crippen molar-refractivity contribution in [3.63, 3.8) is 0 Å². The maximum atomic E-state index is 13.1. The number of amides is 2. The molecule has 28 heavy (non-hydrogen) atoms. The van der Waals surface area contributed by atoms with Crippen molar-refractivity contribution in [2.75, 3.05) is 6.61 Å². The number of carbonyl (C=O) groups excluding carboxylic acids is 2. The third-order valence-electron chi connectivity index (χ3n) is 9.27. The number of nitrogens with one attached hydrogen (secondary N) is 2. The SMILES string of the molecule is CC(C)(CO)NC(=O)C1CC[C@H]2[C@@H]3CCC4NC(=O)CC[C@]4(C)[C@@H]3CC[C@]12C. The van der Waals surface area contributed by atoms with Gasteiger partial charge in [-0.3, -0.25) is 9.59 Å². The minimum absolute atomic E-state index is 0.0399. The van der Waals surface area contributed by atoms with Crippen molar-refractivity contribution in [1.29, 1.82) is 0 Å². The van der Waals surface area contributed by atoms with Gasteiger partial charge >= 0.3 is 0 Å². The fourth-order valence-electron chi connectivity index (χ4n) is 7.59. The minimum Gasteiger partial charge on any atom is -0.394 e. The number of fused-ring (bicyclic) bond motifs is 5. The Morgan fingerprint density at radius 3 is 2.54 bits per heavy atom. The van der Waals surface area contributed by atoms with E-state index < -0.39 is 5.54 Å². The zero-order chi connectivity index (χ0) is 20.3. The Labute approximate surface area is 169 Å². The molecule has 4 fully saturated rings. The molecular weight excluding hydrogens is 352 g/mol. The molecule has 3 aliphatic carbocycles. The highest BCUT2D eigenvalue weighted by atomic mass is 16.3. The van der Waals surface area contributed by atoms with E-state index in [0.717, 1.165) is 32.1 Å². The van der Waals surface area contributed by atoms with Crippen molar-refractivity contribution in [3.05, 3.63) is 0 Å². The molecule has 1 saturated heterocycles. The van der Waals surface area contributed by atoms with Crippen molar-refractivity contribution < 1.29 is 14.7 Å². The Morgan fingerprint density at radius 1 is 1.11 bits per heavy atom. The third kappa shape index (κ3) is 3.00.